The van der Waals surface area contributed by atoms with Gasteiger partial charge >= 0.3 is 0 Å². The molecule has 20 heavy (non-hydrogen) atoms. The molecule has 0 spiro atoms. The molecule has 3 nitrogen and oxygen atoms in total. The molecule has 1 heterocycles. The summed E-state index contributed by atoms with van der Waals surface area (Å²) in [7, 11) is 0. The first-order chi connectivity index (χ1) is 9.86. The molecule has 0 saturated carbocycles. The highest BCUT2D eigenvalue weighted by molar-refractivity contribution is 5.23. The Morgan fingerprint density at radius 2 is 1.80 bits per heavy atom. The van der Waals surface area contributed by atoms with Gasteiger partial charge in [-0.3, -0.25) is 0 Å². The van der Waals surface area contributed by atoms with Crippen LogP contribution in [0.2, 0.25) is 0 Å². The van der Waals surface area contributed by atoms with Crippen molar-refractivity contribution in [2.45, 2.75) is 25.7 Å². The van der Waals surface area contributed by atoms with E-state index in [1.807, 2.05) is 0 Å². The third-order valence-electron chi connectivity index (χ3n) is 3.67. The predicted molar refractivity (Wildman–Crippen MR) is 79.7 cm³/mol. The van der Waals surface area contributed by atoms with Crippen molar-refractivity contribution in [3.8, 4) is 5.75 Å². The van der Waals surface area contributed by atoms with Crippen molar-refractivity contribution in [3.63, 3.8) is 0 Å². The highest BCUT2D eigenvalue weighted by atomic mass is 19.1. The van der Waals surface area contributed by atoms with E-state index in [2.05, 4.69) is 10.2 Å². The summed E-state index contributed by atoms with van der Waals surface area (Å²) < 4.78 is 18.7. The number of hydrogen-bond donors (Lipinski definition) is 1. The number of ether oxygens (including phenoxy) is 1. The maximum absolute atomic E-state index is 13.3. The Kier molecular flexibility index (Phi) is 6.81. The van der Waals surface area contributed by atoms with E-state index < -0.39 is 0 Å². The molecule has 0 aromatic heterocycles. The van der Waals surface area contributed by atoms with Crippen LogP contribution in [0.3, 0.4) is 0 Å². The van der Waals surface area contributed by atoms with E-state index >= 15 is 0 Å². The van der Waals surface area contributed by atoms with Crippen LogP contribution in [0.5, 0.6) is 5.75 Å². The average Bonchev–Trinajstić information content (AvgIpc) is 2.49. The lowest BCUT2D eigenvalue weighted by molar-refractivity contribution is 0.234. The molecule has 0 atom stereocenters. The van der Waals surface area contributed by atoms with Gasteiger partial charge in [-0.2, -0.15) is 0 Å². The summed E-state index contributed by atoms with van der Waals surface area (Å²) in [5, 5.41) is 3.36. The predicted octanol–water partition coefficient (Wildman–Crippen LogP) is 2.67. The molecule has 0 unspecified atom stereocenters. The summed E-state index contributed by atoms with van der Waals surface area (Å²) >= 11 is 0. The second kappa shape index (κ2) is 8.93. The van der Waals surface area contributed by atoms with Crippen LogP contribution in [-0.2, 0) is 0 Å². The van der Waals surface area contributed by atoms with Crippen LogP contribution in [-0.4, -0.2) is 44.2 Å². The lowest BCUT2D eigenvalue weighted by atomic mass is 10.2. The van der Waals surface area contributed by atoms with E-state index in [4.69, 9.17) is 4.74 Å². The van der Waals surface area contributed by atoms with Crippen molar-refractivity contribution >= 4 is 0 Å². The highest BCUT2D eigenvalue weighted by Gasteiger charge is 2.08. The number of rotatable bonds is 8. The summed E-state index contributed by atoms with van der Waals surface area (Å²) in [5.41, 5.74) is 0. The zero-order valence-corrected chi connectivity index (χ0v) is 12.1. The third kappa shape index (κ3) is 5.47. The number of hydrogen-bond acceptors (Lipinski definition) is 3. The SMILES string of the molecule is Fc1ccccc1OCCCCCCN1CCNCC1. The molecule has 112 valence electrons. The smallest absolute Gasteiger partial charge is 0.165 e. The van der Waals surface area contributed by atoms with Crippen molar-refractivity contribution in [2.75, 3.05) is 39.3 Å². The Balaban J connectivity index is 1.46. The molecule has 2 rings (SSSR count). The highest BCUT2D eigenvalue weighted by Crippen LogP contribution is 2.15. The molecular formula is C16H25FN2O. The zero-order chi connectivity index (χ0) is 14.0. The fourth-order valence-electron chi connectivity index (χ4n) is 2.47. The molecule has 0 aliphatic carbocycles. The fraction of sp³-hybridized carbons (Fsp3) is 0.625. The van der Waals surface area contributed by atoms with Gasteiger partial charge in [0.25, 0.3) is 0 Å². The lowest BCUT2D eigenvalue weighted by Gasteiger charge is -2.27. The van der Waals surface area contributed by atoms with Crippen molar-refractivity contribution in [2.24, 2.45) is 0 Å². The van der Waals surface area contributed by atoms with E-state index in [9.17, 15) is 4.39 Å². The molecule has 1 aliphatic rings. The monoisotopic (exact) mass is 280 g/mol. The molecule has 1 aromatic rings. The van der Waals surface area contributed by atoms with Gasteiger partial charge in [0, 0.05) is 26.2 Å². The Morgan fingerprint density at radius 1 is 1.05 bits per heavy atom. The van der Waals surface area contributed by atoms with Gasteiger partial charge in [0.1, 0.15) is 0 Å². The average molecular weight is 280 g/mol. The second-order valence-electron chi connectivity index (χ2n) is 5.28. The molecule has 0 radical (unpaired) electrons. The normalized spacial score (nSPS) is 16.2. The molecule has 1 aliphatic heterocycles. The van der Waals surface area contributed by atoms with Crippen LogP contribution < -0.4 is 10.1 Å². The van der Waals surface area contributed by atoms with E-state index in [1.54, 1.807) is 18.2 Å². The molecule has 0 bridgehead atoms. The van der Waals surface area contributed by atoms with Gasteiger partial charge in [0.05, 0.1) is 6.61 Å². The molecular weight excluding hydrogens is 255 g/mol. The minimum atomic E-state index is -0.272. The first kappa shape index (κ1) is 15.3. The molecule has 4 heteroatoms. The van der Waals surface area contributed by atoms with Crippen LogP contribution in [0.15, 0.2) is 24.3 Å². The minimum Gasteiger partial charge on any atom is -0.491 e. The number of nitrogens with one attached hydrogen (secondary N) is 1. The van der Waals surface area contributed by atoms with Crippen LogP contribution in [0, 0.1) is 5.82 Å². The summed E-state index contributed by atoms with van der Waals surface area (Å²) in [6, 6.07) is 6.59. The van der Waals surface area contributed by atoms with Gasteiger partial charge in [-0.15, -0.1) is 0 Å². The first-order valence-electron chi connectivity index (χ1n) is 7.66. The van der Waals surface area contributed by atoms with E-state index in [-0.39, 0.29) is 5.82 Å². The first-order valence-corrected chi connectivity index (χ1v) is 7.66. The van der Waals surface area contributed by atoms with Crippen LogP contribution >= 0.6 is 0 Å². The Hall–Kier alpha value is -1.13. The maximum atomic E-state index is 13.3. The van der Waals surface area contributed by atoms with Crippen LogP contribution in [0.25, 0.3) is 0 Å². The Labute approximate surface area is 121 Å². The quantitative estimate of drug-likeness (QED) is 0.741. The van der Waals surface area contributed by atoms with Gasteiger partial charge in [-0.25, -0.2) is 4.39 Å². The number of para-hydroxylation sites is 1. The summed E-state index contributed by atoms with van der Waals surface area (Å²) in [4.78, 5) is 2.52. The maximum Gasteiger partial charge on any atom is 0.165 e. The Morgan fingerprint density at radius 3 is 2.60 bits per heavy atom. The number of benzene rings is 1. The van der Waals surface area contributed by atoms with E-state index in [1.165, 1.54) is 38.5 Å². The number of unbranched alkanes of at least 4 members (excludes halogenated alkanes) is 3. The third-order valence-corrected chi connectivity index (χ3v) is 3.67. The molecule has 1 aromatic carbocycles. The van der Waals surface area contributed by atoms with E-state index in [0.29, 0.717) is 12.4 Å². The number of halogens is 1. The topological polar surface area (TPSA) is 24.5 Å². The van der Waals surface area contributed by atoms with Crippen molar-refractivity contribution in [1.29, 1.82) is 0 Å². The summed E-state index contributed by atoms with van der Waals surface area (Å²) in [5.74, 6) is 0.0968. The van der Waals surface area contributed by atoms with Crippen molar-refractivity contribution in [1.82, 2.24) is 10.2 Å². The molecule has 1 N–H and O–H groups in total. The largest absolute Gasteiger partial charge is 0.491 e. The minimum absolute atomic E-state index is 0.272. The zero-order valence-electron chi connectivity index (χ0n) is 12.1. The van der Waals surface area contributed by atoms with Gasteiger partial charge in [0.15, 0.2) is 11.6 Å². The number of piperazine rings is 1. The van der Waals surface area contributed by atoms with Crippen molar-refractivity contribution < 1.29 is 9.13 Å². The summed E-state index contributed by atoms with van der Waals surface area (Å²) in [6.07, 6.45) is 4.63. The molecule has 1 saturated heterocycles. The Bertz CT molecular complexity index is 380. The van der Waals surface area contributed by atoms with Gasteiger partial charge in [-0.05, 0) is 31.5 Å². The van der Waals surface area contributed by atoms with Crippen molar-refractivity contribution in [3.05, 3.63) is 30.1 Å². The standard InChI is InChI=1S/C16H25FN2O/c17-15-7-3-4-8-16(15)20-14-6-2-1-5-11-19-12-9-18-10-13-19/h3-4,7-8,18H,1-2,5-6,9-14H2. The van der Waals surface area contributed by atoms with Crippen LogP contribution in [0.4, 0.5) is 4.39 Å². The molecule has 0 amide bonds. The molecule has 1 fully saturated rings. The van der Waals surface area contributed by atoms with Gasteiger partial charge < -0.3 is 15.0 Å². The fourth-order valence-corrected chi connectivity index (χ4v) is 2.47. The number of nitrogens with zero attached hydrogens (tertiary/aromatic N) is 1. The second-order valence-corrected chi connectivity index (χ2v) is 5.28. The van der Waals surface area contributed by atoms with Gasteiger partial charge in [-0.1, -0.05) is 25.0 Å². The van der Waals surface area contributed by atoms with Gasteiger partial charge in [0.2, 0.25) is 0 Å². The lowest BCUT2D eigenvalue weighted by Crippen LogP contribution is -2.43. The summed E-state index contributed by atoms with van der Waals surface area (Å²) in [6.45, 7) is 6.41. The van der Waals surface area contributed by atoms with Crippen LogP contribution in [0.1, 0.15) is 25.7 Å². The van der Waals surface area contributed by atoms with E-state index in [0.717, 1.165) is 25.9 Å².